The van der Waals surface area contributed by atoms with Crippen LogP contribution in [-0.2, 0) is 20.9 Å². The van der Waals surface area contributed by atoms with E-state index in [-0.39, 0.29) is 24.7 Å². The summed E-state index contributed by atoms with van der Waals surface area (Å²) in [5, 5.41) is 2.77. The van der Waals surface area contributed by atoms with Crippen molar-refractivity contribution in [3.05, 3.63) is 65.2 Å². The van der Waals surface area contributed by atoms with Crippen LogP contribution in [0.15, 0.2) is 48.5 Å². The molecule has 3 amide bonds. The molecule has 7 nitrogen and oxygen atoms in total. The van der Waals surface area contributed by atoms with E-state index in [4.69, 9.17) is 4.74 Å². The molecule has 33 heavy (non-hydrogen) atoms. The van der Waals surface area contributed by atoms with Crippen LogP contribution in [-0.4, -0.2) is 24.3 Å². The van der Waals surface area contributed by atoms with Crippen molar-refractivity contribution in [2.75, 3.05) is 6.61 Å². The molecule has 7 heteroatoms. The summed E-state index contributed by atoms with van der Waals surface area (Å²) in [5.74, 6) is -0.0507. The van der Waals surface area contributed by atoms with Crippen LogP contribution in [0.5, 0.6) is 5.75 Å². The minimum atomic E-state index is -0.675. The number of ether oxygens (including phenoxy) is 1. The number of hydrogen-bond acceptors (Lipinski definition) is 4. The van der Waals surface area contributed by atoms with Gasteiger partial charge in [-0.15, -0.1) is 0 Å². The number of rotatable bonds is 11. The quantitative estimate of drug-likeness (QED) is 0.357. The molecule has 0 unspecified atom stereocenters. The lowest BCUT2D eigenvalue weighted by Gasteiger charge is -2.23. The Morgan fingerprint density at radius 2 is 1.61 bits per heavy atom. The summed E-state index contributed by atoms with van der Waals surface area (Å²) in [4.78, 5) is 36.4. The van der Waals surface area contributed by atoms with E-state index in [9.17, 15) is 14.4 Å². The Labute approximate surface area is 196 Å². The summed E-state index contributed by atoms with van der Waals surface area (Å²) >= 11 is 0. The largest absolute Gasteiger partial charge is 0.493 e. The first-order valence-electron chi connectivity index (χ1n) is 11.3. The Bertz CT molecular complexity index is 942. The van der Waals surface area contributed by atoms with E-state index in [2.05, 4.69) is 16.2 Å². The summed E-state index contributed by atoms with van der Waals surface area (Å²) in [6.45, 7) is 8.59. The van der Waals surface area contributed by atoms with E-state index in [0.29, 0.717) is 26.0 Å². The van der Waals surface area contributed by atoms with Gasteiger partial charge in [0.25, 0.3) is 0 Å². The van der Waals surface area contributed by atoms with Gasteiger partial charge < -0.3 is 10.1 Å². The number of carbonyl (C=O) groups excluding carboxylic acids is 3. The van der Waals surface area contributed by atoms with Crippen molar-refractivity contribution in [3.63, 3.8) is 0 Å². The monoisotopic (exact) mass is 453 g/mol. The molecule has 0 radical (unpaired) electrons. The number of aryl methyl sites for hydroxylation is 2. The van der Waals surface area contributed by atoms with Gasteiger partial charge in [-0.2, -0.15) is 0 Å². The van der Waals surface area contributed by atoms with Crippen molar-refractivity contribution in [1.29, 1.82) is 0 Å². The van der Waals surface area contributed by atoms with E-state index in [1.807, 2.05) is 76.2 Å². The van der Waals surface area contributed by atoms with Crippen LogP contribution in [0.3, 0.4) is 0 Å². The van der Waals surface area contributed by atoms with Crippen molar-refractivity contribution < 1.29 is 19.1 Å². The number of carbonyl (C=O) groups is 3. The molecule has 0 bridgehead atoms. The van der Waals surface area contributed by atoms with Gasteiger partial charge in [-0.05, 0) is 49.4 Å². The highest BCUT2D eigenvalue weighted by atomic mass is 16.5. The van der Waals surface area contributed by atoms with E-state index < -0.39 is 11.3 Å². The predicted octanol–water partition coefficient (Wildman–Crippen LogP) is 3.73. The maximum atomic E-state index is 12.5. The second-order valence-corrected chi connectivity index (χ2v) is 8.87. The lowest BCUT2D eigenvalue weighted by molar-refractivity contribution is -0.135. The third-order valence-electron chi connectivity index (χ3n) is 5.39. The summed E-state index contributed by atoms with van der Waals surface area (Å²) < 4.78 is 5.85. The average Bonchev–Trinajstić information content (AvgIpc) is 2.80. The Kier molecular flexibility index (Phi) is 9.91. The number of hydrogen-bond donors (Lipinski definition) is 3. The normalized spacial score (nSPS) is 10.9. The minimum absolute atomic E-state index is 0.00891. The van der Waals surface area contributed by atoms with Crippen LogP contribution in [0.4, 0.5) is 0 Å². The zero-order valence-corrected chi connectivity index (χ0v) is 20.0. The van der Waals surface area contributed by atoms with Crippen molar-refractivity contribution in [2.24, 2.45) is 5.41 Å². The molecule has 0 aliphatic heterocycles. The van der Waals surface area contributed by atoms with Gasteiger partial charge in [-0.3, -0.25) is 25.2 Å². The lowest BCUT2D eigenvalue weighted by Crippen LogP contribution is -2.47. The SMILES string of the molecule is Cc1ccc(C)c(OCCCC(C)(C)C(=O)NNC(=O)CCC(=O)NCc2ccccc2)c1. The zero-order valence-electron chi connectivity index (χ0n) is 20.0. The van der Waals surface area contributed by atoms with E-state index >= 15 is 0 Å². The number of benzene rings is 2. The Morgan fingerprint density at radius 1 is 0.909 bits per heavy atom. The van der Waals surface area contributed by atoms with Crippen LogP contribution >= 0.6 is 0 Å². The predicted molar refractivity (Wildman–Crippen MR) is 128 cm³/mol. The maximum absolute atomic E-state index is 12.5. The van der Waals surface area contributed by atoms with E-state index in [1.54, 1.807) is 0 Å². The fourth-order valence-corrected chi connectivity index (χ4v) is 3.14. The van der Waals surface area contributed by atoms with Crippen LogP contribution in [0.25, 0.3) is 0 Å². The molecule has 0 aliphatic rings. The molecule has 0 spiro atoms. The average molecular weight is 454 g/mol. The summed E-state index contributed by atoms with van der Waals surface area (Å²) in [5.41, 5.74) is 7.40. The zero-order chi connectivity index (χ0) is 24.3. The van der Waals surface area contributed by atoms with Crippen LogP contribution < -0.4 is 20.9 Å². The van der Waals surface area contributed by atoms with E-state index in [1.165, 1.54) is 0 Å². The minimum Gasteiger partial charge on any atom is -0.493 e. The number of nitrogens with one attached hydrogen (secondary N) is 3. The van der Waals surface area contributed by atoms with Gasteiger partial charge in [-0.25, -0.2) is 0 Å². The molecule has 0 aromatic heterocycles. The molecule has 0 saturated carbocycles. The smallest absolute Gasteiger partial charge is 0.244 e. The van der Waals surface area contributed by atoms with Crippen LogP contribution in [0.2, 0.25) is 0 Å². The molecule has 178 valence electrons. The first-order valence-corrected chi connectivity index (χ1v) is 11.3. The van der Waals surface area contributed by atoms with Gasteiger partial charge in [-0.1, -0.05) is 56.3 Å². The second kappa shape index (κ2) is 12.6. The van der Waals surface area contributed by atoms with Gasteiger partial charge in [0.2, 0.25) is 17.7 Å². The molecule has 0 saturated heterocycles. The van der Waals surface area contributed by atoms with Gasteiger partial charge >= 0.3 is 0 Å². The Hall–Kier alpha value is -3.35. The highest BCUT2D eigenvalue weighted by Crippen LogP contribution is 2.24. The fourth-order valence-electron chi connectivity index (χ4n) is 3.14. The van der Waals surface area contributed by atoms with Crippen LogP contribution in [0.1, 0.15) is 56.2 Å². The molecule has 2 aromatic rings. The van der Waals surface area contributed by atoms with Gasteiger partial charge in [0.05, 0.1) is 6.61 Å². The topological polar surface area (TPSA) is 96.5 Å². The molecule has 0 aliphatic carbocycles. The first-order chi connectivity index (χ1) is 15.7. The van der Waals surface area contributed by atoms with Crippen molar-refractivity contribution in [3.8, 4) is 5.75 Å². The fraction of sp³-hybridized carbons (Fsp3) is 0.423. The van der Waals surface area contributed by atoms with Crippen molar-refractivity contribution in [2.45, 2.75) is 59.9 Å². The molecule has 0 atom stereocenters. The molecule has 2 rings (SSSR count). The van der Waals surface area contributed by atoms with Crippen molar-refractivity contribution in [1.82, 2.24) is 16.2 Å². The standard InChI is InChI=1S/C26H35N3O4/c1-19-11-12-20(2)22(17-19)33-16-8-15-26(3,4)25(32)29-28-24(31)14-13-23(30)27-18-21-9-6-5-7-10-21/h5-7,9-12,17H,8,13-16,18H2,1-4H3,(H,27,30)(H,28,31)(H,29,32). The van der Waals surface area contributed by atoms with Crippen molar-refractivity contribution >= 4 is 17.7 Å². The molecule has 0 fully saturated rings. The summed E-state index contributed by atoms with van der Waals surface area (Å²) in [7, 11) is 0. The highest BCUT2D eigenvalue weighted by Gasteiger charge is 2.27. The van der Waals surface area contributed by atoms with Gasteiger partial charge in [0.1, 0.15) is 5.75 Å². The van der Waals surface area contributed by atoms with E-state index in [0.717, 1.165) is 22.4 Å². The number of hydrazine groups is 1. The maximum Gasteiger partial charge on any atom is 0.244 e. The number of amides is 3. The third-order valence-corrected chi connectivity index (χ3v) is 5.39. The van der Waals surface area contributed by atoms with Gasteiger partial charge in [0.15, 0.2) is 0 Å². The first kappa shape index (κ1) is 25.9. The summed E-state index contributed by atoms with van der Waals surface area (Å²) in [6.07, 6.45) is 1.34. The Morgan fingerprint density at radius 3 is 2.33 bits per heavy atom. The second-order valence-electron chi connectivity index (χ2n) is 8.87. The Balaban J connectivity index is 1.63. The molecule has 3 N–H and O–H groups in total. The lowest BCUT2D eigenvalue weighted by atomic mass is 9.87. The summed E-state index contributed by atoms with van der Waals surface area (Å²) in [6, 6.07) is 15.6. The molecule has 0 heterocycles. The van der Waals surface area contributed by atoms with Gasteiger partial charge in [0, 0.05) is 24.8 Å². The van der Waals surface area contributed by atoms with Crippen LogP contribution in [0, 0.1) is 19.3 Å². The molecule has 2 aromatic carbocycles. The molecular formula is C26H35N3O4. The molecular weight excluding hydrogens is 418 g/mol. The third kappa shape index (κ3) is 9.35. The highest BCUT2D eigenvalue weighted by molar-refractivity contribution is 5.87.